The average molecular weight is 303 g/mol. The average Bonchev–Trinajstić information content (AvgIpc) is 2.50. The maximum atomic E-state index is 12.8. The second kappa shape index (κ2) is 6.71. The second-order valence-corrected chi connectivity index (χ2v) is 4.59. The Morgan fingerprint density at radius 2 is 1.68 bits per heavy atom. The van der Waals surface area contributed by atoms with E-state index in [1.54, 1.807) is 0 Å². The molecule has 0 saturated heterocycles. The van der Waals surface area contributed by atoms with Crippen LogP contribution in [0.5, 0.6) is 5.75 Å². The van der Waals surface area contributed by atoms with Gasteiger partial charge in [-0.3, -0.25) is 4.79 Å². The summed E-state index contributed by atoms with van der Waals surface area (Å²) in [6.07, 6.45) is -1.02. The summed E-state index contributed by atoms with van der Waals surface area (Å²) >= 11 is 0. The number of phenols is 1. The fourth-order valence-corrected chi connectivity index (χ4v) is 1.66. The Morgan fingerprint density at radius 3 is 2.27 bits per heavy atom. The fraction of sp³-hybridized carbons (Fsp3) is 0.125. The number of ether oxygens (including phenoxy) is 1. The van der Waals surface area contributed by atoms with Gasteiger partial charge in [0.2, 0.25) is 0 Å². The maximum absolute atomic E-state index is 12.8. The van der Waals surface area contributed by atoms with Gasteiger partial charge in [-0.25, -0.2) is 9.18 Å². The molecule has 0 unspecified atom stereocenters. The van der Waals surface area contributed by atoms with Gasteiger partial charge in [-0.2, -0.15) is 0 Å². The summed E-state index contributed by atoms with van der Waals surface area (Å²) in [5, 5.41) is 11.7. The van der Waals surface area contributed by atoms with Crippen LogP contribution in [0.4, 0.5) is 10.1 Å². The molecule has 2 rings (SSSR count). The number of esters is 1. The molecule has 5 nitrogen and oxygen atoms in total. The van der Waals surface area contributed by atoms with Crippen molar-refractivity contribution < 1.29 is 23.8 Å². The number of amides is 1. The first-order chi connectivity index (χ1) is 10.5. The molecule has 0 aliphatic rings. The molecule has 1 amide bonds. The van der Waals surface area contributed by atoms with Crippen LogP contribution in [-0.2, 0) is 9.53 Å². The third kappa shape index (κ3) is 4.05. The van der Waals surface area contributed by atoms with Crippen molar-refractivity contribution in [2.75, 3.05) is 5.32 Å². The zero-order valence-electron chi connectivity index (χ0n) is 11.7. The topological polar surface area (TPSA) is 75.6 Å². The Bertz CT molecular complexity index is 668. The number of hydrogen-bond acceptors (Lipinski definition) is 4. The molecule has 22 heavy (non-hydrogen) atoms. The minimum atomic E-state index is -1.02. The van der Waals surface area contributed by atoms with Gasteiger partial charge < -0.3 is 15.2 Å². The van der Waals surface area contributed by atoms with Crippen LogP contribution in [0.25, 0.3) is 0 Å². The van der Waals surface area contributed by atoms with Crippen LogP contribution in [0.2, 0.25) is 0 Å². The van der Waals surface area contributed by atoms with E-state index in [9.17, 15) is 14.0 Å². The first kappa shape index (κ1) is 15.5. The number of aromatic hydroxyl groups is 1. The molecule has 0 aliphatic carbocycles. The smallest absolute Gasteiger partial charge is 0.338 e. The highest BCUT2D eigenvalue weighted by Gasteiger charge is 2.19. The Hall–Kier alpha value is -2.89. The van der Waals surface area contributed by atoms with Crippen LogP contribution in [-0.4, -0.2) is 23.1 Å². The summed E-state index contributed by atoms with van der Waals surface area (Å²) in [6, 6.07) is 10.7. The molecule has 2 N–H and O–H groups in total. The zero-order chi connectivity index (χ0) is 16.1. The molecule has 1 atom stereocenters. The molecule has 2 aromatic rings. The Labute approximate surface area is 126 Å². The van der Waals surface area contributed by atoms with Gasteiger partial charge in [-0.15, -0.1) is 0 Å². The third-order valence-electron chi connectivity index (χ3n) is 2.87. The number of benzene rings is 2. The molecule has 6 heteroatoms. The summed E-state index contributed by atoms with van der Waals surface area (Å²) in [6.45, 7) is 1.43. The van der Waals surface area contributed by atoms with Crippen molar-refractivity contribution in [3.05, 3.63) is 59.9 Å². The van der Waals surface area contributed by atoms with Crippen molar-refractivity contribution in [1.29, 1.82) is 0 Å². The summed E-state index contributed by atoms with van der Waals surface area (Å²) in [7, 11) is 0. The van der Waals surface area contributed by atoms with E-state index in [1.807, 2.05) is 0 Å². The SMILES string of the molecule is C[C@@H](OC(=O)c1ccc(O)cc1)C(=O)Nc1ccc(F)cc1. The lowest BCUT2D eigenvalue weighted by Gasteiger charge is -2.13. The maximum Gasteiger partial charge on any atom is 0.338 e. The minimum Gasteiger partial charge on any atom is -0.508 e. The second-order valence-electron chi connectivity index (χ2n) is 4.59. The van der Waals surface area contributed by atoms with Crippen molar-refractivity contribution in [1.82, 2.24) is 0 Å². The first-order valence-electron chi connectivity index (χ1n) is 6.52. The van der Waals surface area contributed by atoms with Gasteiger partial charge in [-0.1, -0.05) is 0 Å². The summed E-state index contributed by atoms with van der Waals surface area (Å²) in [5.74, 6) is -1.59. The van der Waals surface area contributed by atoms with Crippen LogP contribution in [0.3, 0.4) is 0 Å². The summed E-state index contributed by atoms with van der Waals surface area (Å²) < 4.78 is 17.8. The van der Waals surface area contributed by atoms with E-state index in [0.717, 1.165) is 0 Å². The molecule has 0 bridgehead atoms. The van der Waals surface area contributed by atoms with Gasteiger partial charge >= 0.3 is 5.97 Å². The van der Waals surface area contributed by atoms with Crippen molar-refractivity contribution >= 4 is 17.6 Å². The molecule has 0 fully saturated rings. The fourth-order valence-electron chi connectivity index (χ4n) is 1.66. The van der Waals surface area contributed by atoms with Gasteiger partial charge in [0.25, 0.3) is 5.91 Å². The first-order valence-corrected chi connectivity index (χ1v) is 6.52. The quantitative estimate of drug-likeness (QED) is 0.852. The lowest BCUT2D eigenvalue weighted by Crippen LogP contribution is -2.29. The van der Waals surface area contributed by atoms with Gasteiger partial charge in [0.1, 0.15) is 11.6 Å². The van der Waals surface area contributed by atoms with E-state index < -0.39 is 23.8 Å². The van der Waals surface area contributed by atoms with E-state index in [4.69, 9.17) is 9.84 Å². The van der Waals surface area contributed by atoms with Crippen LogP contribution < -0.4 is 5.32 Å². The predicted octanol–water partition coefficient (Wildman–Crippen LogP) is 2.72. The van der Waals surface area contributed by atoms with Crippen LogP contribution in [0.15, 0.2) is 48.5 Å². The zero-order valence-corrected chi connectivity index (χ0v) is 11.7. The van der Waals surface area contributed by atoms with Gasteiger partial charge in [-0.05, 0) is 55.5 Å². The normalized spacial score (nSPS) is 11.5. The third-order valence-corrected chi connectivity index (χ3v) is 2.87. The molecule has 0 spiro atoms. The number of anilines is 1. The molecular weight excluding hydrogens is 289 g/mol. The molecule has 0 radical (unpaired) electrons. The van der Waals surface area contributed by atoms with Crippen molar-refractivity contribution in [3.8, 4) is 5.75 Å². The molecule has 114 valence electrons. The number of nitrogens with one attached hydrogen (secondary N) is 1. The van der Waals surface area contributed by atoms with Gasteiger partial charge in [0.15, 0.2) is 6.10 Å². The van der Waals surface area contributed by atoms with Crippen LogP contribution in [0.1, 0.15) is 17.3 Å². The Kier molecular flexibility index (Phi) is 4.73. The van der Waals surface area contributed by atoms with E-state index in [1.165, 1.54) is 55.5 Å². The molecule has 0 heterocycles. The number of hydrogen-bond donors (Lipinski definition) is 2. The minimum absolute atomic E-state index is 0.0265. The number of rotatable bonds is 4. The van der Waals surface area contributed by atoms with E-state index in [2.05, 4.69) is 5.32 Å². The van der Waals surface area contributed by atoms with E-state index in [-0.39, 0.29) is 11.3 Å². The molecule has 0 aromatic heterocycles. The standard InChI is InChI=1S/C16H14FNO4/c1-10(15(20)18-13-6-4-12(17)5-7-13)22-16(21)11-2-8-14(19)9-3-11/h2-10,19H,1H3,(H,18,20)/t10-/m1/s1. The van der Waals surface area contributed by atoms with Crippen LogP contribution in [0, 0.1) is 5.82 Å². The molecular formula is C16H14FNO4. The van der Waals surface area contributed by atoms with Gasteiger partial charge in [0.05, 0.1) is 5.56 Å². The highest BCUT2D eigenvalue weighted by atomic mass is 19.1. The van der Waals surface area contributed by atoms with Crippen molar-refractivity contribution in [3.63, 3.8) is 0 Å². The number of carbonyl (C=O) groups is 2. The van der Waals surface area contributed by atoms with E-state index >= 15 is 0 Å². The number of carbonyl (C=O) groups excluding carboxylic acids is 2. The number of halogens is 1. The van der Waals surface area contributed by atoms with Crippen molar-refractivity contribution in [2.45, 2.75) is 13.0 Å². The Balaban J connectivity index is 1.94. The highest BCUT2D eigenvalue weighted by Crippen LogP contribution is 2.13. The molecule has 2 aromatic carbocycles. The largest absolute Gasteiger partial charge is 0.508 e. The molecule has 0 aliphatic heterocycles. The monoisotopic (exact) mass is 303 g/mol. The summed E-state index contributed by atoms with van der Waals surface area (Å²) in [5.41, 5.74) is 0.623. The summed E-state index contributed by atoms with van der Waals surface area (Å²) in [4.78, 5) is 23.7. The number of phenolic OH excluding ortho intramolecular Hbond substituents is 1. The lowest BCUT2D eigenvalue weighted by molar-refractivity contribution is -0.123. The molecule has 0 saturated carbocycles. The predicted molar refractivity (Wildman–Crippen MR) is 78.0 cm³/mol. The lowest BCUT2D eigenvalue weighted by atomic mass is 10.2. The Morgan fingerprint density at radius 1 is 1.09 bits per heavy atom. The van der Waals surface area contributed by atoms with Crippen molar-refractivity contribution in [2.24, 2.45) is 0 Å². The van der Waals surface area contributed by atoms with E-state index in [0.29, 0.717) is 5.69 Å². The highest BCUT2D eigenvalue weighted by molar-refractivity contribution is 5.97. The van der Waals surface area contributed by atoms with Crippen LogP contribution >= 0.6 is 0 Å². The van der Waals surface area contributed by atoms with Gasteiger partial charge in [0, 0.05) is 5.69 Å².